The maximum atomic E-state index is 12.9. The number of nitrogens with zero attached hydrogens (tertiary/aromatic N) is 2. The van der Waals surface area contributed by atoms with Crippen LogP contribution in [0.15, 0.2) is 28.8 Å². The highest BCUT2D eigenvalue weighted by Crippen LogP contribution is 2.31. The molecule has 9 heteroatoms. The van der Waals surface area contributed by atoms with Gasteiger partial charge in [-0.3, -0.25) is 19.3 Å². The lowest BCUT2D eigenvalue weighted by Crippen LogP contribution is -2.40. The lowest BCUT2D eigenvalue weighted by Gasteiger charge is -2.29. The molecule has 1 aliphatic heterocycles. The zero-order valence-electron chi connectivity index (χ0n) is 18.1. The van der Waals surface area contributed by atoms with Gasteiger partial charge in [0.2, 0.25) is 0 Å². The number of carbonyl (C=O) groups excluding carboxylic acids is 4. The average Bonchev–Trinajstić information content (AvgIpc) is 3.32. The van der Waals surface area contributed by atoms with Gasteiger partial charge >= 0.3 is 5.97 Å². The number of ether oxygens (including phenoxy) is 1. The van der Waals surface area contributed by atoms with Gasteiger partial charge in [-0.15, -0.1) is 0 Å². The molecule has 2 aliphatic rings. The van der Waals surface area contributed by atoms with Gasteiger partial charge in [0.1, 0.15) is 5.76 Å². The van der Waals surface area contributed by atoms with Gasteiger partial charge in [-0.2, -0.15) is 0 Å². The van der Waals surface area contributed by atoms with Gasteiger partial charge in [-0.05, 0) is 44.4 Å². The molecule has 1 aliphatic carbocycles. The Morgan fingerprint density at radius 1 is 1.16 bits per heavy atom. The molecular formula is C23H25N3O6. The van der Waals surface area contributed by atoms with Crippen LogP contribution in [0.4, 0.5) is 5.82 Å². The first-order chi connectivity index (χ1) is 15.4. The summed E-state index contributed by atoms with van der Waals surface area (Å²) in [6.07, 6.45) is 3.89. The van der Waals surface area contributed by atoms with Crippen LogP contribution in [0.5, 0.6) is 0 Å². The van der Waals surface area contributed by atoms with Gasteiger partial charge in [0.15, 0.2) is 11.9 Å². The first-order valence-electron chi connectivity index (χ1n) is 10.9. The molecule has 9 nitrogen and oxygen atoms in total. The molecule has 1 aromatic heterocycles. The minimum absolute atomic E-state index is 0.0973. The lowest BCUT2D eigenvalue weighted by atomic mass is 9.94. The summed E-state index contributed by atoms with van der Waals surface area (Å²) in [4.78, 5) is 52.2. The number of benzene rings is 1. The summed E-state index contributed by atoms with van der Waals surface area (Å²) in [5.41, 5.74) is 0.604. The standard InChI is InChI=1S/C23H25N3O6/c1-3-18(20(27)24-19-11-13(2)32-25-19)31-23(30)14-9-10-16-17(12-14)22(29)26(21(16)28)15-7-5-4-6-8-15/h9-12,15,18H,3-8H2,1-2H3,(H,24,25,27)/t18-/m1/s1. The fourth-order valence-electron chi connectivity index (χ4n) is 4.21. The largest absolute Gasteiger partial charge is 0.449 e. The van der Waals surface area contributed by atoms with Crippen LogP contribution in [0.1, 0.15) is 82.3 Å². The summed E-state index contributed by atoms with van der Waals surface area (Å²) in [6, 6.07) is 5.76. The van der Waals surface area contributed by atoms with Gasteiger partial charge in [-0.25, -0.2) is 4.79 Å². The molecule has 2 heterocycles. The fourth-order valence-corrected chi connectivity index (χ4v) is 4.21. The maximum Gasteiger partial charge on any atom is 0.338 e. The van der Waals surface area contributed by atoms with Crippen molar-refractivity contribution in [1.29, 1.82) is 0 Å². The van der Waals surface area contributed by atoms with Crippen molar-refractivity contribution in [2.24, 2.45) is 0 Å². The number of amides is 3. The third-order valence-corrected chi connectivity index (χ3v) is 5.89. The van der Waals surface area contributed by atoms with Crippen LogP contribution >= 0.6 is 0 Å². The van der Waals surface area contributed by atoms with Crippen molar-refractivity contribution < 1.29 is 28.4 Å². The predicted molar refractivity (Wildman–Crippen MR) is 113 cm³/mol. The minimum Gasteiger partial charge on any atom is -0.449 e. The summed E-state index contributed by atoms with van der Waals surface area (Å²) in [6.45, 7) is 3.40. The Hall–Kier alpha value is -3.49. The molecule has 1 fully saturated rings. The van der Waals surface area contributed by atoms with Gasteiger partial charge < -0.3 is 14.6 Å². The van der Waals surface area contributed by atoms with Crippen LogP contribution in [0.3, 0.4) is 0 Å². The molecule has 0 saturated heterocycles. The van der Waals surface area contributed by atoms with Gasteiger partial charge in [-0.1, -0.05) is 31.3 Å². The van der Waals surface area contributed by atoms with E-state index >= 15 is 0 Å². The zero-order chi connectivity index (χ0) is 22.8. The van der Waals surface area contributed by atoms with Gasteiger partial charge in [0.05, 0.1) is 16.7 Å². The number of hydrogen-bond acceptors (Lipinski definition) is 7. The molecule has 0 radical (unpaired) electrons. The molecule has 1 saturated carbocycles. The molecule has 2 aromatic rings. The van der Waals surface area contributed by atoms with E-state index in [0.29, 0.717) is 11.3 Å². The molecule has 0 bridgehead atoms. The summed E-state index contributed by atoms with van der Waals surface area (Å²) in [5.74, 6) is -1.22. The fraction of sp³-hybridized carbons (Fsp3) is 0.435. The van der Waals surface area contributed by atoms with Gasteiger partial charge in [0.25, 0.3) is 17.7 Å². The van der Waals surface area contributed by atoms with Crippen molar-refractivity contribution in [3.8, 4) is 0 Å². The molecule has 1 aromatic carbocycles. The van der Waals surface area contributed by atoms with Crippen molar-refractivity contribution in [2.75, 3.05) is 5.32 Å². The average molecular weight is 439 g/mol. The van der Waals surface area contributed by atoms with Crippen LogP contribution in [0, 0.1) is 6.92 Å². The number of imide groups is 1. The van der Waals surface area contributed by atoms with E-state index in [0.717, 1.165) is 32.1 Å². The molecular weight excluding hydrogens is 414 g/mol. The summed E-state index contributed by atoms with van der Waals surface area (Å²) < 4.78 is 10.3. The molecule has 3 amide bonds. The second kappa shape index (κ2) is 8.94. The Morgan fingerprint density at radius 2 is 1.88 bits per heavy atom. The quantitative estimate of drug-likeness (QED) is 0.540. The number of carbonyl (C=O) groups is 4. The van der Waals surface area contributed by atoms with Crippen molar-refractivity contribution in [3.63, 3.8) is 0 Å². The van der Waals surface area contributed by atoms with Crippen LogP contribution in [-0.2, 0) is 9.53 Å². The number of aromatic nitrogens is 1. The Kier molecular flexibility index (Phi) is 6.07. The minimum atomic E-state index is -1.05. The summed E-state index contributed by atoms with van der Waals surface area (Å²) >= 11 is 0. The van der Waals surface area contributed by atoms with E-state index in [1.165, 1.54) is 23.1 Å². The summed E-state index contributed by atoms with van der Waals surface area (Å²) in [7, 11) is 0. The highest BCUT2D eigenvalue weighted by molar-refractivity contribution is 6.22. The van der Waals surface area contributed by atoms with E-state index < -0.39 is 18.0 Å². The molecule has 1 atom stereocenters. The van der Waals surface area contributed by atoms with Crippen LogP contribution in [-0.4, -0.2) is 45.9 Å². The number of hydrogen-bond donors (Lipinski definition) is 1. The van der Waals surface area contributed by atoms with E-state index in [1.807, 2.05) is 0 Å². The van der Waals surface area contributed by atoms with E-state index in [1.54, 1.807) is 19.9 Å². The van der Waals surface area contributed by atoms with Crippen molar-refractivity contribution >= 4 is 29.5 Å². The second-order valence-electron chi connectivity index (χ2n) is 8.15. The Balaban J connectivity index is 1.47. The number of anilines is 1. The second-order valence-corrected chi connectivity index (χ2v) is 8.15. The molecule has 4 rings (SSSR count). The highest BCUT2D eigenvalue weighted by Gasteiger charge is 2.40. The Bertz CT molecular complexity index is 1070. The molecule has 168 valence electrons. The van der Waals surface area contributed by atoms with Crippen molar-refractivity contribution in [1.82, 2.24) is 10.1 Å². The maximum absolute atomic E-state index is 12.9. The van der Waals surface area contributed by atoms with E-state index in [4.69, 9.17) is 9.26 Å². The number of rotatable bonds is 6. The number of aryl methyl sites for hydroxylation is 1. The van der Waals surface area contributed by atoms with Crippen LogP contribution in [0.25, 0.3) is 0 Å². The smallest absolute Gasteiger partial charge is 0.338 e. The van der Waals surface area contributed by atoms with Gasteiger partial charge in [0, 0.05) is 12.1 Å². The van der Waals surface area contributed by atoms with E-state index in [2.05, 4.69) is 10.5 Å². The first kappa shape index (κ1) is 21.7. The molecule has 1 N–H and O–H groups in total. The SMILES string of the molecule is CC[C@@H](OC(=O)c1ccc2c(c1)C(=O)N(C1CCCCC1)C2=O)C(=O)Nc1cc(C)on1. The van der Waals surface area contributed by atoms with E-state index in [9.17, 15) is 19.2 Å². The Morgan fingerprint density at radius 3 is 2.53 bits per heavy atom. The zero-order valence-corrected chi connectivity index (χ0v) is 18.1. The number of fused-ring (bicyclic) bond motifs is 1. The molecule has 0 spiro atoms. The van der Waals surface area contributed by atoms with Crippen LogP contribution in [0.2, 0.25) is 0 Å². The van der Waals surface area contributed by atoms with Crippen molar-refractivity contribution in [3.05, 3.63) is 46.7 Å². The normalized spacial score (nSPS) is 17.2. The van der Waals surface area contributed by atoms with Crippen LogP contribution < -0.4 is 5.32 Å². The van der Waals surface area contributed by atoms with Crippen molar-refractivity contribution in [2.45, 2.75) is 64.5 Å². The predicted octanol–water partition coefficient (Wildman–Crippen LogP) is 3.49. The first-order valence-corrected chi connectivity index (χ1v) is 10.9. The number of nitrogens with one attached hydrogen (secondary N) is 1. The third kappa shape index (κ3) is 4.15. The number of esters is 1. The molecule has 32 heavy (non-hydrogen) atoms. The molecule has 0 unspecified atom stereocenters. The topological polar surface area (TPSA) is 119 Å². The third-order valence-electron chi connectivity index (χ3n) is 5.89. The lowest BCUT2D eigenvalue weighted by molar-refractivity contribution is -0.124. The summed E-state index contributed by atoms with van der Waals surface area (Å²) in [5, 5.41) is 6.23. The Labute approximate surface area is 185 Å². The highest BCUT2D eigenvalue weighted by atomic mass is 16.5. The monoisotopic (exact) mass is 439 g/mol. The van der Waals surface area contributed by atoms with E-state index in [-0.39, 0.29) is 41.2 Å².